The van der Waals surface area contributed by atoms with Gasteiger partial charge in [0.15, 0.2) is 0 Å². The van der Waals surface area contributed by atoms with E-state index >= 15 is 0 Å². The first kappa shape index (κ1) is 13.2. The van der Waals surface area contributed by atoms with Gasteiger partial charge >= 0.3 is 0 Å². The molecule has 1 aliphatic rings. The van der Waals surface area contributed by atoms with Crippen LogP contribution in [0.15, 0.2) is 12.3 Å². The number of likely N-dealkylation sites (N-methyl/N-ethyl adjacent to an activating group) is 1. The maximum absolute atomic E-state index is 6.06. The molecule has 1 aromatic rings. The molecule has 1 aliphatic heterocycles. The molecule has 1 saturated heterocycles. The highest BCUT2D eigenvalue weighted by molar-refractivity contribution is 6.31. The lowest BCUT2D eigenvalue weighted by Crippen LogP contribution is -2.44. The van der Waals surface area contributed by atoms with Gasteiger partial charge in [-0.2, -0.15) is 0 Å². The van der Waals surface area contributed by atoms with Crippen LogP contribution in [0.1, 0.15) is 5.69 Å². The third-order valence-electron chi connectivity index (χ3n) is 2.88. The zero-order valence-corrected chi connectivity index (χ0v) is 10.7. The van der Waals surface area contributed by atoms with Crippen molar-refractivity contribution in [2.24, 2.45) is 0 Å². The summed E-state index contributed by atoms with van der Waals surface area (Å²) in [4.78, 5) is 8.95. The number of piperazine rings is 1. The first-order valence-corrected chi connectivity index (χ1v) is 5.60. The third-order valence-corrected chi connectivity index (χ3v) is 3.26. The molecule has 1 fully saturated rings. The summed E-state index contributed by atoms with van der Waals surface area (Å²) >= 11 is 6.06. The summed E-state index contributed by atoms with van der Waals surface area (Å²) in [6, 6.07) is 2.01. The van der Waals surface area contributed by atoms with E-state index in [4.69, 9.17) is 11.6 Å². The number of halogens is 1. The highest BCUT2D eigenvalue weighted by Gasteiger charge is 2.14. The Kier molecular flexibility index (Phi) is 4.53. The molecule has 3 N–H and O–H groups in total. The largest absolute Gasteiger partial charge is 0.368 e. The van der Waals surface area contributed by atoms with Crippen LogP contribution < -0.4 is 11.1 Å². The average Bonchev–Trinajstić information content (AvgIpc) is 2.23. The lowest BCUT2D eigenvalue weighted by molar-refractivity contribution is 0.313. The van der Waals surface area contributed by atoms with Crippen LogP contribution in [0, 0.1) is 6.92 Å². The van der Waals surface area contributed by atoms with Crippen molar-refractivity contribution in [1.82, 2.24) is 16.0 Å². The molecule has 0 spiro atoms. The summed E-state index contributed by atoms with van der Waals surface area (Å²) in [7, 11) is 2.15. The summed E-state index contributed by atoms with van der Waals surface area (Å²) in [5.74, 6) is 0. The van der Waals surface area contributed by atoms with Crippen molar-refractivity contribution < 1.29 is 0 Å². The highest BCUT2D eigenvalue weighted by Crippen LogP contribution is 2.21. The number of anilines is 1. The van der Waals surface area contributed by atoms with E-state index in [2.05, 4.69) is 21.8 Å². The van der Waals surface area contributed by atoms with Gasteiger partial charge in [0.1, 0.15) is 0 Å². The molecule has 16 heavy (non-hydrogen) atoms. The maximum Gasteiger partial charge on any atom is 0.0639 e. The van der Waals surface area contributed by atoms with Gasteiger partial charge in [-0.15, -0.1) is 0 Å². The molecule has 0 bridgehead atoms. The van der Waals surface area contributed by atoms with Gasteiger partial charge < -0.3 is 16.0 Å². The van der Waals surface area contributed by atoms with Crippen LogP contribution in [-0.2, 0) is 0 Å². The molecule has 0 atom stereocenters. The van der Waals surface area contributed by atoms with Gasteiger partial charge in [0.05, 0.1) is 22.6 Å². The number of rotatable bonds is 1. The Labute approximate surface area is 102 Å². The molecule has 0 radical (unpaired) electrons. The monoisotopic (exact) mass is 242 g/mol. The number of pyridine rings is 1. The van der Waals surface area contributed by atoms with E-state index in [0.29, 0.717) is 0 Å². The zero-order valence-electron chi connectivity index (χ0n) is 9.91. The second kappa shape index (κ2) is 5.48. The van der Waals surface area contributed by atoms with Gasteiger partial charge in [-0.1, -0.05) is 11.6 Å². The predicted molar refractivity (Wildman–Crippen MR) is 68.7 cm³/mol. The molecule has 0 amide bonds. The first-order valence-electron chi connectivity index (χ1n) is 5.22. The second-order valence-corrected chi connectivity index (χ2v) is 4.46. The smallest absolute Gasteiger partial charge is 0.0639 e. The molecule has 0 aliphatic carbocycles. The molecular weight excluding hydrogens is 224 g/mol. The quantitative estimate of drug-likeness (QED) is 0.818. The molecule has 4 nitrogen and oxygen atoms in total. The van der Waals surface area contributed by atoms with Crippen LogP contribution in [-0.4, -0.2) is 43.1 Å². The molecule has 1 aromatic heterocycles. The molecular formula is C11H19ClN4. The lowest BCUT2D eigenvalue weighted by atomic mass is 10.2. The average molecular weight is 243 g/mol. The number of hydrogen-bond donors (Lipinski definition) is 1. The molecule has 0 unspecified atom stereocenters. The summed E-state index contributed by atoms with van der Waals surface area (Å²) in [5, 5.41) is 0.756. The first-order chi connectivity index (χ1) is 7.16. The standard InChI is InChI=1S/C11H16ClN3.H3N/c1-9-11(12)7-10(8-13-9)15-5-3-14(2)4-6-15;/h7-8H,3-6H2,1-2H3;1H3. The molecule has 2 heterocycles. The third kappa shape index (κ3) is 2.84. The maximum atomic E-state index is 6.06. The van der Waals surface area contributed by atoms with Crippen LogP contribution in [0.5, 0.6) is 0 Å². The van der Waals surface area contributed by atoms with Crippen molar-refractivity contribution in [2.45, 2.75) is 6.92 Å². The topological polar surface area (TPSA) is 54.4 Å². The molecule has 0 saturated carbocycles. The minimum atomic E-state index is 0. The Morgan fingerprint density at radius 1 is 1.25 bits per heavy atom. The fourth-order valence-corrected chi connectivity index (χ4v) is 1.89. The highest BCUT2D eigenvalue weighted by atomic mass is 35.5. The Balaban J connectivity index is 0.00000128. The van der Waals surface area contributed by atoms with E-state index < -0.39 is 0 Å². The zero-order chi connectivity index (χ0) is 10.8. The molecule has 5 heteroatoms. The van der Waals surface area contributed by atoms with Crippen LogP contribution in [0.25, 0.3) is 0 Å². The van der Waals surface area contributed by atoms with Crippen LogP contribution in [0.2, 0.25) is 5.02 Å². The van der Waals surface area contributed by atoms with Gasteiger partial charge in [-0.25, -0.2) is 0 Å². The van der Waals surface area contributed by atoms with Crippen molar-refractivity contribution in [1.29, 1.82) is 0 Å². The summed E-state index contributed by atoms with van der Waals surface area (Å²) < 4.78 is 0. The minimum absolute atomic E-state index is 0. The van der Waals surface area contributed by atoms with Crippen LogP contribution in [0.4, 0.5) is 5.69 Å². The van der Waals surface area contributed by atoms with Crippen molar-refractivity contribution >= 4 is 17.3 Å². The second-order valence-electron chi connectivity index (χ2n) is 4.05. The Morgan fingerprint density at radius 2 is 1.88 bits per heavy atom. The van der Waals surface area contributed by atoms with Gasteiger partial charge in [0.25, 0.3) is 0 Å². The summed E-state index contributed by atoms with van der Waals surface area (Å²) in [5.41, 5.74) is 2.04. The lowest BCUT2D eigenvalue weighted by Gasteiger charge is -2.33. The van der Waals surface area contributed by atoms with Crippen molar-refractivity contribution in [3.63, 3.8) is 0 Å². The number of hydrogen-bond acceptors (Lipinski definition) is 4. The van der Waals surface area contributed by atoms with E-state index in [0.717, 1.165) is 42.6 Å². The molecule has 0 aromatic carbocycles. The van der Waals surface area contributed by atoms with Crippen LogP contribution in [0.3, 0.4) is 0 Å². The van der Waals surface area contributed by atoms with Gasteiger partial charge in [-0.3, -0.25) is 4.98 Å². The van der Waals surface area contributed by atoms with E-state index in [1.54, 1.807) is 0 Å². The Hall–Kier alpha value is -0.840. The number of aryl methyl sites for hydroxylation is 1. The van der Waals surface area contributed by atoms with Gasteiger partial charge in [-0.05, 0) is 20.0 Å². The van der Waals surface area contributed by atoms with Crippen molar-refractivity contribution in [2.75, 3.05) is 38.1 Å². The number of aromatic nitrogens is 1. The van der Waals surface area contributed by atoms with Crippen molar-refractivity contribution in [3.05, 3.63) is 23.0 Å². The minimum Gasteiger partial charge on any atom is -0.368 e. The van der Waals surface area contributed by atoms with Gasteiger partial charge in [0, 0.05) is 26.2 Å². The number of nitrogens with zero attached hydrogens (tertiary/aromatic N) is 3. The summed E-state index contributed by atoms with van der Waals surface area (Å²) in [6.07, 6.45) is 1.91. The molecule has 90 valence electrons. The van der Waals surface area contributed by atoms with E-state index in [-0.39, 0.29) is 6.15 Å². The fourth-order valence-electron chi connectivity index (χ4n) is 1.73. The molecule has 2 rings (SSSR count). The Morgan fingerprint density at radius 3 is 2.44 bits per heavy atom. The van der Waals surface area contributed by atoms with Gasteiger partial charge in [0.2, 0.25) is 0 Å². The Bertz CT molecular complexity index is 348. The fraction of sp³-hybridized carbons (Fsp3) is 0.545. The normalized spacial score (nSPS) is 17.1. The predicted octanol–water partition coefficient (Wildman–Crippen LogP) is 1.96. The van der Waals surface area contributed by atoms with E-state index in [1.807, 2.05) is 19.2 Å². The van der Waals surface area contributed by atoms with Crippen molar-refractivity contribution in [3.8, 4) is 0 Å². The summed E-state index contributed by atoms with van der Waals surface area (Å²) in [6.45, 7) is 6.24. The van der Waals surface area contributed by atoms with E-state index in [9.17, 15) is 0 Å². The van der Waals surface area contributed by atoms with E-state index in [1.165, 1.54) is 0 Å². The van der Waals surface area contributed by atoms with Crippen LogP contribution >= 0.6 is 11.6 Å². The SMILES string of the molecule is Cc1ncc(N2CCN(C)CC2)cc1Cl.N.